The molecule has 3 aliphatic rings. The molecule has 3 saturated carbocycles. The van der Waals surface area contributed by atoms with Gasteiger partial charge in [0.25, 0.3) is 11.8 Å². The van der Waals surface area contributed by atoms with Crippen molar-refractivity contribution in [3.8, 4) is 0 Å². The summed E-state index contributed by atoms with van der Waals surface area (Å²) in [6, 6.07) is 0.734. The summed E-state index contributed by atoms with van der Waals surface area (Å²) in [6.45, 7) is 1.26. The number of amides is 2. The molecule has 3 aromatic rings. The molecule has 0 spiro atoms. The monoisotopic (exact) mass is 593 g/mol. The Morgan fingerprint density at radius 2 is 1.76 bits per heavy atom. The highest BCUT2D eigenvalue weighted by molar-refractivity contribution is 5.93. The summed E-state index contributed by atoms with van der Waals surface area (Å²) in [5.74, 6) is -6.53. The van der Waals surface area contributed by atoms with Gasteiger partial charge in [-0.3, -0.25) is 9.59 Å². The zero-order chi connectivity index (χ0) is 29.6. The van der Waals surface area contributed by atoms with Crippen molar-refractivity contribution in [3.05, 3.63) is 41.1 Å². The number of carbonyl (C=O) groups is 2. The van der Waals surface area contributed by atoms with Crippen LogP contribution in [0.2, 0.25) is 0 Å². The molecule has 0 aromatic carbocycles. The van der Waals surface area contributed by atoms with Crippen molar-refractivity contribution < 1.29 is 36.5 Å². The molecular formula is C27H31F4N7O4. The third-order valence-corrected chi connectivity index (χ3v) is 8.34. The van der Waals surface area contributed by atoms with E-state index in [9.17, 15) is 27.2 Å². The van der Waals surface area contributed by atoms with Crippen LogP contribution in [-0.2, 0) is 9.53 Å². The Bertz CT molecular complexity index is 1460. The molecule has 0 radical (unpaired) electrons. The Morgan fingerprint density at radius 3 is 2.40 bits per heavy atom. The minimum Gasteiger partial charge on any atom is -0.368 e. The second kappa shape index (κ2) is 10.9. The predicted octanol–water partition coefficient (Wildman–Crippen LogP) is 4.10. The van der Waals surface area contributed by atoms with Crippen LogP contribution in [0.5, 0.6) is 0 Å². The number of ether oxygens (including phenoxy) is 1. The number of halogens is 4. The van der Waals surface area contributed by atoms with Crippen molar-refractivity contribution >= 4 is 17.5 Å². The summed E-state index contributed by atoms with van der Waals surface area (Å²) in [5, 5.41) is 17.6. The second-order valence-electron chi connectivity index (χ2n) is 11.7. The molecule has 3 fully saturated rings. The number of alkyl halides is 4. The van der Waals surface area contributed by atoms with E-state index in [1.165, 1.54) is 4.52 Å². The highest BCUT2D eigenvalue weighted by Gasteiger charge is 2.46. The molecule has 15 heteroatoms. The molecular weight excluding hydrogens is 562 g/mol. The van der Waals surface area contributed by atoms with Crippen LogP contribution in [0, 0.1) is 18.8 Å². The van der Waals surface area contributed by atoms with E-state index in [4.69, 9.17) is 9.72 Å². The van der Waals surface area contributed by atoms with Crippen LogP contribution in [0.3, 0.4) is 0 Å². The highest BCUT2D eigenvalue weighted by Crippen LogP contribution is 2.43. The summed E-state index contributed by atoms with van der Waals surface area (Å²) < 4.78 is 65.5. The topological polar surface area (TPSA) is 137 Å². The minimum absolute atomic E-state index is 0.00308. The summed E-state index contributed by atoms with van der Waals surface area (Å²) in [4.78, 5) is 30.3. The molecule has 226 valence electrons. The van der Waals surface area contributed by atoms with Gasteiger partial charge in [0.05, 0.1) is 36.3 Å². The molecule has 3 aromatic heterocycles. The molecule has 6 rings (SSSR count). The SMILES string of the molecule is Cc1nonc1C(=O)N[C@H](c1cn2ncc([C@H](NC(=O)COC3CC(F)(F)C3)C3CC3)cc2n1)C1CCC(F)(F)CC1. The molecule has 2 N–H and O–H groups in total. The Balaban J connectivity index is 1.20. The van der Waals surface area contributed by atoms with Crippen LogP contribution in [-0.4, -0.2) is 61.3 Å². The molecule has 0 saturated heterocycles. The summed E-state index contributed by atoms with van der Waals surface area (Å²) in [5.41, 5.74) is 1.92. The van der Waals surface area contributed by atoms with Crippen molar-refractivity contribution in [2.24, 2.45) is 11.8 Å². The number of rotatable bonds is 10. The van der Waals surface area contributed by atoms with Crippen LogP contribution in [0.1, 0.15) is 90.9 Å². The predicted molar refractivity (Wildman–Crippen MR) is 137 cm³/mol. The van der Waals surface area contributed by atoms with E-state index < -0.39 is 35.8 Å². The lowest BCUT2D eigenvalue weighted by molar-refractivity contribution is -0.170. The van der Waals surface area contributed by atoms with E-state index in [0.717, 1.165) is 12.8 Å². The van der Waals surface area contributed by atoms with Gasteiger partial charge in [0.2, 0.25) is 11.8 Å². The first-order valence-corrected chi connectivity index (χ1v) is 14.1. The number of hydrogen-bond acceptors (Lipinski definition) is 8. The fourth-order valence-electron chi connectivity index (χ4n) is 5.74. The average Bonchev–Trinajstić information content (AvgIpc) is 3.53. The molecule has 3 aliphatic carbocycles. The molecule has 3 heterocycles. The first kappa shape index (κ1) is 28.5. The van der Waals surface area contributed by atoms with E-state index in [1.807, 2.05) is 0 Å². The number of nitrogens with one attached hydrogen (secondary N) is 2. The third-order valence-electron chi connectivity index (χ3n) is 8.34. The van der Waals surface area contributed by atoms with Crippen LogP contribution in [0.15, 0.2) is 23.1 Å². The lowest BCUT2D eigenvalue weighted by Crippen LogP contribution is -2.43. The number of hydrogen-bond donors (Lipinski definition) is 2. The van der Waals surface area contributed by atoms with Crippen LogP contribution in [0.4, 0.5) is 17.6 Å². The Hall–Kier alpha value is -3.62. The summed E-state index contributed by atoms with van der Waals surface area (Å²) in [7, 11) is 0. The average molecular weight is 594 g/mol. The fourth-order valence-corrected chi connectivity index (χ4v) is 5.74. The Labute approximate surface area is 237 Å². The van der Waals surface area contributed by atoms with E-state index in [0.29, 0.717) is 22.6 Å². The van der Waals surface area contributed by atoms with Gasteiger partial charge in [-0.1, -0.05) is 5.16 Å². The normalized spacial score (nSPS) is 21.9. The molecule has 0 aliphatic heterocycles. The van der Waals surface area contributed by atoms with Crippen molar-refractivity contribution in [3.63, 3.8) is 0 Å². The maximum atomic E-state index is 14.0. The first-order valence-electron chi connectivity index (χ1n) is 14.1. The van der Waals surface area contributed by atoms with Gasteiger partial charge in [-0.05, 0) is 61.2 Å². The van der Waals surface area contributed by atoms with E-state index in [1.54, 1.807) is 25.4 Å². The Morgan fingerprint density at radius 1 is 1.05 bits per heavy atom. The summed E-state index contributed by atoms with van der Waals surface area (Å²) in [6.07, 6.45) is 3.49. The van der Waals surface area contributed by atoms with Gasteiger partial charge in [-0.15, -0.1) is 0 Å². The lowest BCUT2D eigenvalue weighted by Gasteiger charge is -2.34. The zero-order valence-corrected chi connectivity index (χ0v) is 22.9. The fraction of sp³-hybridized carbons (Fsp3) is 0.630. The molecule has 0 bridgehead atoms. The number of fused-ring (bicyclic) bond motifs is 1. The largest absolute Gasteiger partial charge is 0.368 e. The molecule has 42 heavy (non-hydrogen) atoms. The minimum atomic E-state index is -2.75. The van der Waals surface area contributed by atoms with Gasteiger partial charge in [0, 0.05) is 25.7 Å². The molecule has 0 unspecified atom stereocenters. The van der Waals surface area contributed by atoms with Gasteiger partial charge >= 0.3 is 0 Å². The molecule has 2 amide bonds. The second-order valence-corrected chi connectivity index (χ2v) is 11.7. The Kier molecular flexibility index (Phi) is 7.39. The van der Waals surface area contributed by atoms with Crippen molar-refractivity contribution in [1.29, 1.82) is 0 Å². The van der Waals surface area contributed by atoms with Gasteiger partial charge in [-0.25, -0.2) is 31.7 Å². The number of aryl methyl sites for hydroxylation is 1. The first-order chi connectivity index (χ1) is 20.0. The maximum Gasteiger partial charge on any atom is 0.276 e. The van der Waals surface area contributed by atoms with Gasteiger partial charge in [0.1, 0.15) is 12.3 Å². The van der Waals surface area contributed by atoms with E-state index in [2.05, 4.69) is 30.7 Å². The highest BCUT2D eigenvalue weighted by atomic mass is 19.3. The van der Waals surface area contributed by atoms with Crippen LogP contribution < -0.4 is 10.6 Å². The standard InChI is InChI=1S/C27H31F4N7O4/c1-14-22(37-42-36-14)25(40)35-24(16-4-6-26(28,29)7-5-16)19-12-38-20(33-19)8-17(11-32-38)23(15-2-3-15)34-21(39)13-41-18-9-27(30,31)10-18/h8,11-12,15-16,18,23-24H,2-7,9-10,13H2,1H3,(H,34,39)(H,35,40)/t23-,24+/m1/s1. The van der Waals surface area contributed by atoms with Crippen molar-refractivity contribution in [1.82, 2.24) is 35.5 Å². The number of nitrogens with zero attached hydrogens (tertiary/aromatic N) is 5. The summed E-state index contributed by atoms with van der Waals surface area (Å²) >= 11 is 0. The smallest absolute Gasteiger partial charge is 0.276 e. The van der Waals surface area contributed by atoms with Crippen molar-refractivity contribution in [2.45, 2.75) is 88.3 Å². The van der Waals surface area contributed by atoms with E-state index >= 15 is 0 Å². The number of aromatic nitrogens is 5. The number of imidazole rings is 1. The number of carbonyl (C=O) groups excluding carboxylic acids is 2. The third kappa shape index (κ3) is 6.25. The van der Waals surface area contributed by atoms with Crippen LogP contribution >= 0.6 is 0 Å². The molecule has 2 atom stereocenters. The zero-order valence-electron chi connectivity index (χ0n) is 22.9. The van der Waals surface area contributed by atoms with Gasteiger partial charge < -0.3 is 15.4 Å². The van der Waals surface area contributed by atoms with Gasteiger partial charge in [0.15, 0.2) is 11.3 Å². The molecule has 11 nitrogen and oxygen atoms in total. The van der Waals surface area contributed by atoms with Crippen molar-refractivity contribution in [2.75, 3.05) is 6.61 Å². The van der Waals surface area contributed by atoms with E-state index in [-0.39, 0.29) is 68.7 Å². The lowest BCUT2D eigenvalue weighted by atomic mass is 9.81. The van der Waals surface area contributed by atoms with Gasteiger partial charge in [-0.2, -0.15) is 5.10 Å². The van der Waals surface area contributed by atoms with Crippen LogP contribution in [0.25, 0.3) is 5.65 Å². The quantitative estimate of drug-likeness (QED) is 0.336. The maximum absolute atomic E-state index is 14.0.